The van der Waals surface area contributed by atoms with Crippen LogP contribution < -0.4 is 0 Å². The molecule has 0 aromatic heterocycles. The van der Waals surface area contributed by atoms with Crippen LogP contribution in [0.5, 0.6) is 0 Å². The normalized spacial score (nSPS) is 26.8. The van der Waals surface area contributed by atoms with Gasteiger partial charge in [0, 0.05) is 0 Å². The van der Waals surface area contributed by atoms with Gasteiger partial charge in [0.1, 0.15) is 0 Å². The molecule has 2 saturated heterocycles. The highest BCUT2D eigenvalue weighted by Crippen LogP contribution is 2.09. The monoisotopic (exact) mass is 294 g/mol. The average molecular weight is 296 g/mol. The van der Waals surface area contributed by atoms with Crippen molar-refractivity contribution in [3.05, 3.63) is 0 Å². The maximum absolute atomic E-state index is 8.28. The second-order valence-corrected chi connectivity index (χ2v) is 4.14. The molecule has 0 spiro atoms. The Morgan fingerprint density at radius 1 is 1.06 bits per heavy atom. The molecule has 0 bridgehead atoms. The Balaban J connectivity index is 0.000000211. The first-order chi connectivity index (χ1) is 7.67. The van der Waals surface area contributed by atoms with Crippen molar-refractivity contribution in [2.45, 2.75) is 18.3 Å². The van der Waals surface area contributed by atoms with E-state index in [4.69, 9.17) is 54.5 Å². The van der Waals surface area contributed by atoms with Crippen molar-refractivity contribution in [1.82, 2.24) is 0 Å². The van der Waals surface area contributed by atoms with Crippen molar-refractivity contribution < 1.29 is 19.7 Å². The molecule has 2 heterocycles. The SMILES string of the molecule is ClCC1CO1.ClC[C@H]1CO1.OC[C@H](O)CCl. The molecular weight excluding hydrogens is 278 g/mol. The van der Waals surface area contributed by atoms with Crippen LogP contribution in [0.25, 0.3) is 0 Å². The van der Waals surface area contributed by atoms with Crippen LogP contribution in [0, 0.1) is 0 Å². The molecule has 0 aromatic rings. The van der Waals surface area contributed by atoms with Gasteiger partial charge in [0.05, 0.1) is 55.8 Å². The second kappa shape index (κ2) is 10.8. The Hall–Kier alpha value is 0.710. The first kappa shape index (κ1) is 16.7. The number of aliphatic hydroxyl groups excluding tert-OH is 2. The van der Waals surface area contributed by atoms with E-state index >= 15 is 0 Å². The summed E-state index contributed by atoms with van der Waals surface area (Å²) in [5.41, 5.74) is 0. The minimum absolute atomic E-state index is 0.108. The molecule has 0 saturated carbocycles. The van der Waals surface area contributed by atoms with Crippen LogP contribution in [0.15, 0.2) is 0 Å². The fourth-order valence-corrected chi connectivity index (χ4v) is 0.817. The number of aliphatic hydroxyl groups is 2. The predicted octanol–water partition coefficient (Wildman–Crippen LogP) is 0.826. The summed E-state index contributed by atoms with van der Waals surface area (Å²) in [6.45, 7) is 1.51. The molecule has 2 aliphatic rings. The first-order valence-electron chi connectivity index (χ1n) is 4.87. The molecule has 1 unspecified atom stereocenters. The zero-order valence-corrected chi connectivity index (χ0v) is 11.1. The Kier molecular flexibility index (Phi) is 11.3. The number of halogens is 3. The minimum Gasteiger partial charge on any atom is -0.394 e. The number of ether oxygens (including phenoxy) is 2. The highest BCUT2D eigenvalue weighted by molar-refractivity contribution is 6.18. The summed E-state index contributed by atoms with van der Waals surface area (Å²) in [5.74, 6) is 1.44. The Labute approximate surface area is 110 Å². The number of alkyl halides is 3. The molecule has 16 heavy (non-hydrogen) atoms. The van der Waals surface area contributed by atoms with E-state index in [1.54, 1.807) is 0 Å². The lowest BCUT2D eigenvalue weighted by Crippen LogP contribution is -2.12. The standard InChI is InChI=1S/C3H7ClO2.2C3H5ClO/c4-1-3(6)2-5;2*4-1-3-2-5-3/h3,5-6H,1-2H2;2*3H,1-2H2/t2*3-;/m10./s1. The van der Waals surface area contributed by atoms with Gasteiger partial charge in [-0.3, -0.25) is 0 Å². The third kappa shape index (κ3) is 12.8. The summed E-state index contributed by atoms with van der Waals surface area (Å²) in [7, 11) is 0. The number of rotatable bonds is 4. The van der Waals surface area contributed by atoms with Gasteiger partial charge in [-0.25, -0.2) is 0 Å². The number of hydrogen-bond donors (Lipinski definition) is 2. The lowest BCUT2D eigenvalue weighted by molar-refractivity contribution is 0.112. The van der Waals surface area contributed by atoms with Crippen molar-refractivity contribution in [1.29, 1.82) is 0 Å². The van der Waals surface area contributed by atoms with E-state index in [-0.39, 0.29) is 12.5 Å². The van der Waals surface area contributed by atoms with E-state index in [0.29, 0.717) is 24.0 Å². The maximum atomic E-state index is 8.28. The molecule has 2 N–H and O–H groups in total. The van der Waals surface area contributed by atoms with E-state index in [1.807, 2.05) is 0 Å². The third-order valence-electron chi connectivity index (χ3n) is 1.54. The lowest BCUT2D eigenvalue weighted by Gasteiger charge is -1.95. The van der Waals surface area contributed by atoms with Gasteiger partial charge >= 0.3 is 0 Å². The predicted molar refractivity (Wildman–Crippen MR) is 64.7 cm³/mol. The molecule has 0 amide bonds. The quantitative estimate of drug-likeness (QED) is 0.595. The van der Waals surface area contributed by atoms with E-state index in [0.717, 1.165) is 13.2 Å². The Morgan fingerprint density at radius 3 is 1.44 bits per heavy atom. The average Bonchev–Trinajstić information content (AvgIpc) is 3.23. The molecule has 7 heteroatoms. The molecule has 2 aliphatic heterocycles. The van der Waals surface area contributed by atoms with Crippen LogP contribution >= 0.6 is 34.8 Å². The van der Waals surface area contributed by atoms with Crippen molar-refractivity contribution in [3.8, 4) is 0 Å². The summed E-state index contributed by atoms with van der Waals surface area (Å²) in [6.07, 6.45) is 0.0556. The number of hydrogen-bond acceptors (Lipinski definition) is 4. The van der Waals surface area contributed by atoms with Gasteiger partial charge in [0.25, 0.3) is 0 Å². The molecule has 2 fully saturated rings. The second-order valence-electron chi connectivity index (χ2n) is 3.21. The molecular formula is C9H17Cl3O4. The van der Waals surface area contributed by atoms with Crippen molar-refractivity contribution in [3.63, 3.8) is 0 Å². The molecule has 0 radical (unpaired) electrons. The third-order valence-corrected chi connectivity index (χ3v) is 2.58. The minimum atomic E-state index is -0.744. The Morgan fingerprint density at radius 2 is 1.44 bits per heavy atom. The molecule has 0 aliphatic carbocycles. The van der Waals surface area contributed by atoms with Gasteiger partial charge in [-0.2, -0.15) is 0 Å². The molecule has 4 nitrogen and oxygen atoms in total. The van der Waals surface area contributed by atoms with E-state index in [2.05, 4.69) is 0 Å². The van der Waals surface area contributed by atoms with E-state index < -0.39 is 6.10 Å². The summed E-state index contributed by atoms with van der Waals surface area (Å²) < 4.78 is 9.45. The summed E-state index contributed by atoms with van der Waals surface area (Å²) in [6, 6.07) is 0. The highest BCUT2D eigenvalue weighted by atomic mass is 35.5. The summed E-state index contributed by atoms with van der Waals surface area (Å²) in [4.78, 5) is 0. The van der Waals surface area contributed by atoms with Crippen LogP contribution in [0.2, 0.25) is 0 Å². The highest BCUT2D eigenvalue weighted by Gasteiger charge is 2.20. The number of epoxide rings is 2. The lowest BCUT2D eigenvalue weighted by atomic mass is 10.5. The zero-order valence-electron chi connectivity index (χ0n) is 8.82. The van der Waals surface area contributed by atoms with Crippen molar-refractivity contribution in [2.75, 3.05) is 37.5 Å². The molecule has 3 atom stereocenters. The van der Waals surface area contributed by atoms with Crippen LogP contribution in [-0.2, 0) is 9.47 Å². The van der Waals surface area contributed by atoms with Gasteiger partial charge in [0.15, 0.2) is 0 Å². The van der Waals surface area contributed by atoms with Gasteiger partial charge in [-0.05, 0) is 0 Å². The molecule has 2 rings (SSSR count). The van der Waals surface area contributed by atoms with Crippen molar-refractivity contribution >= 4 is 34.8 Å². The molecule has 98 valence electrons. The largest absolute Gasteiger partial charge is 0.394 e. The van der Waals surface area contributed by atoms with E-state index in [9.17, 15) is 0 Å². The Bertz CT molecular complexity index is 138. The van der Waals surface area contributed by atoms with E-state index in [1.165, 1.54) is 0 Å². The fraction of sp³-hybridized carbons (Fsp3) is 1.00. The summed E-state index contributed by atoms with van der Waals surface area (Å²) in [5, 5.41) is 16.3. The smallest absolute Gasteiger partial charge is 0.0944 e. The maximum Gasteiger partial charge on any atom is 0.0944 e. The van der Waals surface area contributed by atoms with Gasteiger partial charge in [-0.1, -0.05) is 0 Å². The van der Waals surface area contributed by atoms with Crippen LogP contribution in [0.4, 0.5) is 0 Å². The van der Waals surface area contributed by atoms with Crippen LogP contribution in [0.3, 0.4) is 0 Å². The zero-order chi connectivity index (χ0) is 12.4. The topological polar surface area (TPSA) is 65.5 Å². The summed E-state index contributed by atoms with van der Waals surface area (Å²) >= 11 is 15.6. The molecule has 0 aromatic carbocycles. The van der Waals surface area contributed by atoms with Crippen LogP contribution in [-0.4, -0.2) is 66.0 Å². The van der Waals surface area contributed by atoms with Gasteiger partial charge in [0.2, 0.25) is 0 Å². The van der Waals surface area contributed by atoms with Gasteiger partial charge in [-0.15, -0.1) is 34.8 Å². The fourth-order valence-electron chi connectivity index (χ4n) is 0.363. The van der Waals surface area contributed by atoms with Gasteiger partial charge < -0.3 is 19.7 Å². The van der Waals surface area contributed by atoms with Crippen molar-refractivity contribution in [2.24, 2.45) is 0 Å². The first-order valence-corrected chi connectivity index (χ1v) is 6.48. The van der Waals surface area contributed by atoms with Crippen LogP contribution in [0.1, 0.15) is 0 Å².